The molecule has 3 N–H and O–H groups in total. The molecule has 2 unspecified atom stereocenters. The van der Waals surface area contributed by atoms with E-state index in [9.17, 15) is 27.1 Å². The van der Waals surface area contributed by atoms with Crippen molar-refractivity contribution in [2.45, 2.75) is 50.2 Å². The molecule has 190 valence electrons. The largest absolute Gasteiger partial charge is 0.492 e. The van der Waals surface area contributed by atoms with Gasteiger partial charge in [0.1, 0.15) is 22.5 Å². The van der Waals surface area contributed by atoms with Gasteiger partial charge in [-0.05, 0) is 50.5 Å². The minimum Gasteiger partial charge on any atom is -0.492 e. The summed E-state index contributed by atoms with van der Waals surface area (Å²) in [6.07, 6.45) is 1.57. The molecule has 0 aromatic heterocycles. The van der Waals surface area contributed by atoms with E-state index >= 15 is 0 Å². The predicted octanol–water partition coefficient (Wildman–Crippen LogP) is 4.53. The van der Waals surface area contributed by atoms with Gasteiger partial charge in [-0.1, -0.05) is 18.2 Å². The van der Waals surface area contributed by atoms with Crippen LogP contribution in [-0.4, -0.2) is 38.3 Å². The lowest BCUT2D eigenvalue weighted by Crippen LogP contribution is -2.34. The molecule has 2 atom stereocenters. The Hall–Kier alpha value is -3.18. The summed E-state index contributed by atoms with van der Waals surface area (Å²) in [5.74, 6) is -1.14. The quantitative estimate of drug-likeness (QED) is 0.405. The molecule has 11 heteroatoms. The summed E-state index contributed by atoms with van der Waals surface area (Å²) in [6, 6.07) is 9.12. The number of benzene rings is 2. The van der Waals surface area contributed by atoms with E-state index in [0.717, 1.165) is 18.9 Å². The van der Waals surface area contributed by atoms with Gasteiger partial charge in [-0.15, -0.1) is 0 Å². The van der Waals surface area contributed by atoms with Gasteiger partial charge in [0.2, 0.25) is 0 Å². The fraction of sp³-hybridized carbons (Fsp3) is 0.375. The van der Waals surface area contributed by atoms with E-state index in [1.807, 2.05) is 12.2 Å². The van der Waals surface area contributed by atoms with Gasteiger partial charge in [-0.3, -0.25) is 9.52 Å². The molecule has 1 aliphatic carbocycles. The number of carbonyl (C=O) groups is 1. The third-order valence-electron chi connectivity index (χ3n) is 5.15. The highest BCUT2D eigenvalue weighted by Gasteiger charge is 2.27. The van der Waals surface area contributed by atoms with Crippen LogP contribution in [0.1, 0.15) is 33.1 Å². The van der Waals surface area contributed by atoms with Crippen LogP contribution in [0.3, 0.4) is 0 Å². The van der Waals surface area contributed by atoms with E-state index in [4.69, 9.17) is 4.74 Å². The number of aliphatic hydroxyl groups excluding tert-OH is 1. The normalized spacial score (nSPS) is 16.9. The second kappa shape index (κ2) is 11.0. The average molecular weight is 511 g/mol. The number of amides is 1. The SMILES string of the molecule is CCOc1cc(NC(=O)C(O)C2C=CCCC2)ccc1S(=O)(=O)Nc1cccc(OC(C)(F)F)c1. The molecule has 8 nitrogen and oxygen atoms in total. The molecule has 0 saturated heterocycles. The van der Waals surface area contributed by atoms with Gasteiger partial charge >= 0.3 is 6.11 Å². The third kappa shape index (κ3) is 7.40. The number of anilines is 2. The van der Waals surface area contributed by atoms with Gasteiger partial charge < -0.3 is 19.9 Å². The van der Waals surface area contributed by atoms with Crippen molar-refractivity contribution in [1.82, 2.24) is 0 Å². The Morgan fingerprint density at radius 2 is 2.00 bits per heavy atom. The summed E-state index contributed by atoms with van der Waals surface area (Å²) >= 11 is 0. The second-order valence-electron chi connectivity index (χ2n) is 8.09. The lowest BCUT2D eigenvalue weighted by molar-refractivity contribution is -0.158. The molecule has 0 radical (unpaired) electrons. The number of hydrogen-bond donors (Lipinski definition) is 3. The Morgan fingerprint density at radius 3 is 2.66 bits per heavy atom. The monoisotopic (exact) mass is 510 g/mol. The number of hydrogen-bond acceptors (Lipinski definition) is 6. The number of alkyl halides is 2. The van der Waals surface area contributed by atoms with Crippen LogP contribution in [0.25, 0.3) is 0 Å². The fourth-order valence-electron chi connectivity index (χ4n) is 3.63. The van der Waals surface area contributed by atoms with Crippen molar-refractivity contribution in [2.75, 3.05) is 16.6 Å². The van der Waals surface area contributed by atoms with E-state index in [-0.39, 0.29) is 40.3 Å². The zero-order valence-electron chi connectivity index (χ0n) is 19.3. The molecular formula is C24H28F2N2O6S. The topological polar surface area (TPSA) is 114 Å². The van der Waals surface area contributed by atoms with Gasteiger partial charge in [0.15, 0.2) is 0 Å². The summed E-state index contributed by atoms with van der Waals surface area (Å²) in [4.78, 5) is 12.3. The Labute approximate surface area is 203 Å². The Bertz CT molecular complexity index is 1180. The molecule has 35 heavy (non-hydrogen) atoms. The summed E-state index contributed by atoms with van der Waals surface area (Å²) in [5, 5.41) is 12.9. The standard InChI is InChI=1S/C24H28F2N2O6S/c1-3-33-20-15-17(27-23(30)22(29)16-8-5-4-6-9-16)12-13-21(20)35(31,32)28-18-10-7-11-19(14-18)34-24(2,25)26/h5,7-8,10-16,22,28-29H,3-4,6,9H2,1-2H3,(H,27,30). The Kier molecular flexibility index (Phi) is 8.34. The lowest BCUT2D eigenvalue weighted by Gasteiger charge is -2.22. The third-order valence-corrected chi connectivity index (χ3v) is 6.57. The molecule has 1 aliphatic rings. The maximum absolute atomic E-state index is 13.1. The highest BCUT2D eigenvalue weighted by atomic mass is 32.2. The molecular weight excluding hydrogens is 482 g/mol. The number of nitrogens with one attached hydrogen (secondary N) is 2. The van der Waals surface area contributed by atoms with Crippen molar-refractivity contribution < 1.29 is 36.6 Å². The molecule has 0 aliphatic heterocycles. The fourth-order valence-corrected chi connectivity index (χ4v) is 4.81. The van der Waals surface area contributed by atoms with E-state index in [0.29, 0.717) is 13.3 Å². The number of rotatable bonds is 10. The summed E-state index contributed by atoms with van der Waals surface area (Å²) in [6.45, 7) is 2.38. The molecule has 2 aromatic rings. The predicted molar refractivity (Wildman–Crippen MR) is 127 cm³/mol. The van der Waals surface area contributed by atoms with Crippen molar-refractivity contribution in [1.29, 1.82) is 0 Å². The molecule has 1 amide bonds. The average Bonchev–Trinajstić information content (AvgIpc) is 2.78. The lowest BCUT2D eigenvalue weighted by atomic mass is 9.90. The highest BCUT2D eigenvalue weighted by molar-refractivity contribution is 7.92. The van der Waals surface area contributed by atoms with Gasteiger partial charge in [0.25, 0.3) is 15.9 Å². The van der Waals surface area contributed by atoms with Crippen molar-refractivity contribution >= 4 is 27.3 Å². The molecule has 0 heterocycles. The van der Waals surface area contributed by atoms with Gasteiger partial charge in [-0.25, -0.2) is 8.42 Å². The zero-order valence-corrected chi connectivity index (χ0v) is 20.1. The van der Waals surface area contributed by atoms with Crippen molar-refractivity contribution in [3.8, 4) is 11.5 Å². The number of allylic oxidation sites excluding steroid dienone is 1. The van der Waals surface area contributed by atoms with Crippen LogP contribution in [0.2, 0.25) is 0 Å². The number of ether oxygens (including phenoxy) is 2. The smallest absolute Gasteiger partial charge is 0.394 e. The summed E-state index contributed by atoms with van der Waals surface area (Å²) < 4.78 is 64.6. The van der Waals surface area contributed by atoms with Crippen LogP contribution in [0.4, 0.5) is 20.2 Å². The van der Waals surface area contributed by atoms with Crippen LogP contribution < -0.4 is 19.5 Å². The molecule has 0 fully saturated rings. The summed E-state index contributed by atoms with van der Waals surface area (Å²) in [7, 11) is -4.19. The first-order valence-corrected chi connectivity index (χ1v) is 12.6. The Morgan fingerprint density at radius 1 is 1.23 bits per heavy atom. The van der Waals surface area contributed by atoms with E-state index < -0.39 is 28.1 Å². The van der Waals surface area contributed by atoms with Crippen LogP contribution in [0.5, 0.6) is 11.5 Å². The zero-order chi connectivity index (χ0) is 25.6. The van der Waals surface area contributed by atoms with Gasteiger partial charge in [0.05, 0.1) is 12.3 Å². The molecule has 0 bridgehead atoms. The molecule has 3 rings (SSSR count). The van der Waals surface area contributed by atoms with Crippen molar-refractivity contribution in [3.05, 3.63) is 54.6 Å². The highest BCUT2D eigenvalue weighted by Crippen LogP contribution is 2.31. The molecule has 2 aromatic carbocycles. The van der Waals surface area contributed by atoms with Crippen LogP contribution in [0.15, 0.2) is 59.5 Å². The summed E-state index contributed by atoms with van der Waals surface area (Å²) in [5.41, 5.74) is 0.257. The van der Waals surface area contributed by atoms with Crippen LogP contribution in [0, 0.1) is 5.92 Å². The van der Waals surface area contributed by atoms with Crippen LogP contribution >= 0.6 is 0 Å². The minimum atomic E-state index is -4.19. The number of halogens is 2. The Balaban J connectivity index is 1.80. The number of aliphatic hydroxyl groups is 1. The molecule has 0 spiro atoms. The van der Waals surface area contributed by atoms with Gasteiger partial charge in [-0.2, -0.15) is 8.78 Å². The maximum Gasteiger partial charge on any atom is 0.394 e. The van der Waals surface area contributed by atoms with Crippen molar-refractivity contribution in [3.63, 3.8) is 0 Å². The maximum atomic E-state index is 13.1. The minimum absolute atomic E-state index is 0.00948. The second-order valence-corrected chi connectivity index (χ2v) is 9.75. The first kappa shape index (κ1) is 26.4. The van der Waals surface area contributed by atoms with Gasteiger partial charge in [0, 0.05) is 30.7 Å². The van der Waals surface area contributed by atoms with E-state index in [1.54, 1.807) is 6.92 Å². The number of sulfonamides is 1. The van der Waals surface area contributed by atoms with Crippen LogP contribution in [-0.2, 0) is 14.8 Å². The van der Waals surface area contributed by atoms with Crippen molar-refractivity contribution in [2.24, 2.45) is 5.92 Å². The number of carbonyl (C=O) groups excluding carboxylic acids is 1. The van der Waals surface area contributed by atoms with E-state index in [1.165, 1.54) is 36.4 Å². The first-order chi connectivity index (χ1) is 16.5. The molecule has 0 saturated carbocycles. The van der Waals surface area contributed by atoms with E-state index in [2.05, 4.69) is 14.8 Å². The first-order valence-electron chi connectivity index (χ1n) is 11.1.